The van der Waals surface area contributed by atoms with Crippen LogP contribution in [0.15, 0.2) is 97.1 Å². The molecule has 0 aliphatic carbocycles. The Kier molecular flexibility index (Phi) is 4.91. The molecule has 148 valence electrons. The first kappa shape index (κ1) is 18.4. The van der Waals surface area contributed by atoms with Crippen LogP contribution in [0.4, 0.5) is 11.4 Å². The Balaban J connectivity index is 1.52. The number of anilines is 2. The average molecular weight is 395 g/mol. The first-order valence-electron chi connectivity index (χ1n) is 10.0. The van der Waals surface area contributed by atoms with Gasteiger partial charge in [0, 0.05) is 16.6 Å². The third-order valence-electron chi connectivity index (χ3n) is 5.16. The fraction of sp³-hybridized carbons (Fsp3) is 0.115. The zero-order valence-corrected chi connectivity index (χ0v) is 16.4. The fourth-order valence-electron chi connectivity index (χ4n) is 3.52. The number of carbonyl (C=O) groups excluding carboxylic acids is 1. The minimum absolute atomic E-state index is 0.0883. The predicted octanol–water partition coefficient (Wildman–Crippen LogP) is 5.60. The van der Waals surface area contributed by atoms with Crippen molar-refractivity contribution in [3.8, 4) is 5.75 Å². The lowest BCUT2D eigenvalue weighted by atomic mass is 10.1. The van der Waals surface area contributed by atoms with Crippen LogP contribution < -0.4 is 9.64 Å². The molecule has 5 rings (SSSR count). The second-order valence-corrected chi connectivity index (χ2v) is 7.27. The number of epoxide rings is 1. The number of hydrogen-bond donors (Lipinski definition) is 0. The zero-order chi connectivity index (χ0) is 20.3. The maximum atomic E-state index is 13.6. The molecule has 1 atom stereocenters. The Morgan fingerprint density at radius 3 is 2.33 bits per heavy atom. The largest absolute Gasteiger partial charge is 0.491 e. The van der Waals surface area contributed by atoms with Crippen molar-refractivity contribution in [2.24, 2.45) is 0 Å². The van der Waals surface area contributed by atoms with Crippen LogP contribution in [0.3, 0.4) is 0 Å². The molecule has 0 radical (unpaired) electrons. The molecule has 0 spiro atoms. The van der Waals surface area contributed by atoms with Gasteiger partial charge in [-0.15, -0.1) is 0 Å². The van der Waals surface area contributed by atoms with E-state index in [4.69, 9.17) is 9.47 Å². The molecule has 1 aliphatic heterocycles. The summed E-state index contributed by atoms with van der Waals surface area (Å²) in [6.07, 6.45) is 0.200. The van der Waals surface area contributed by atoms with E-state index in [1.165, 1.54) is 0 Å². The number of carbonyl (C=O) groups is 1. The molecule has 4 aromatic carbocycles. The van der Waals surface area contributed by atoms with E-state index >= 15 is 0 Å². The summed E-state index contributed by atoms with van der Waals surface area (Å²) >= 11 is 0. The van der Waals surface area contributed by atoms with Crippen molar-refractivity contribution in [2.75, 3.05) is 18.1 Å². The van der Waals surface area contributed by atoms with Gasteiger partial charge in [0.05, 0.1) is 12.3 Å². The number of hydrogen-bond acceptors (Lipinski definition) is 3. The lowest BCUT2D eigenvalue weighted by Crippen LogP contribution is -2.26. The first-order valence-corrected chi connectivity index (χ1v) is 10.0. The Labute approximate surface area is 175 Å². The summed E-state index contributed by atoms with van der Waals surface area (Å²) in [6, 6.07) is 31.2. The molecule has 1 saturated heterocycles. The Morgan fingerprint density at radius 2 is 1.57 bits per heavy atom. The third-order valence-corrected chi connectivity index (χ3v) is 5.16. The Hall–Kier alpha value is -3.63. The zero-order valence-electron chi connectivity index (χ0n) is 16.4. The Bertz CT molecular complexity index is 1160. The van der Waals surface area contributed by atoms with Crippen LogP contribution in [0.1, 0.15) is 10.4 Å². The molecule has 0 bridgehead atoms. The normalized spacial score (nSPS) is 15.0. The van der Waals surface area contributed by atoms with E-state index < -0.39 is 0 Å². The van der Waals surface area contributed by atoms with Gasteiger partial charge in [0.2, 0.25) is 0 Å². The summed E-state index contributed by atoms with van der Waals surface area (Å²) in [7, 11) is 0. The second-order valence-electron chi connectivity index (χ2n) is 7.27. The van der Waals surface area contributed by atoms with E-state index in [2.05, 4.69) is 12.1 Å². The van der Waals surface area contributed by atoms with Gasteiger partial charge in [-0.2, -0.15) is 0 Å². The van der Waals surface area contributed by atoms with Crippen LogP contribution in [0.2, 0.25) is 0 Å². The van der Waals surface area contributed by atoms with E-state index in [1.54, 1.807) is 4.90 Å². The summed E-state index contributed by atoms with van der Waals surface area (Å²) in [6.45, 7) is 1.30. The maximum Gasteiger partial charge on any atom is 0.262 e. The van der Waals surface area contributed by atoms with Gasteiger partial charge in [-0.3, -0.25) is 9.69 Å². The first-order chi connectivity index (χ1) is 14.8. The van der Waals surface area contributed by atoms with E-state index in [-0.39, 0.29) is 12.0 Å². The highest BCUT2D eigenvalue weighted by Gasteiger charge is 2.24. The standard InChI is InChI=1S/C26H21NO3/c28-26(20-13-15-22(16-14-20)29-17-23-18-30-23)27(21-9-2-1-3-10-21)25-12-6-8-19-7-4-5-11-24(19)25/h1-16,23H,17-18H2. The lowest BCUT2D eigenvalue weighted by molar-refractivity contribution is 0.0999. The molecule has 1 unspecified atom stereocenters. The van der Waals surface area contributed by atoms with Crippen molar-refractivity contribution >= 4 is 28.1 Å². The SMILES string of the molecule is O=C(c1ccc(OCC2CO2)cc1)N(c1ccccc1)c1cccc2ccccc12. The van der Waals surface area contributed by atoms with Gasteiger partial charge in [0.1, 0.15) is 18.5 Å². The second kappa shape index (κ2) is 8.01. The van der Waals surface area contributed by atoms with Gasteiger partial charge in [-0.05, 0) is 47.9 Å². The van der Waals surface area contributed by atoms with Crippen molar-refractivity contribution < 1.29 is 14.3 Å². The summed E-state index contributed by atoms with van der Waals surface area (Å²) in [5.74, 6) is 0.646. The van der Waals surface area contributed by atoms with Gasteiger partial charge in [-0.1, -0.05) is 54.6 Å². The van der Waals surface area contributed by atoms with E-state index in [1.807, 2.05) is 84.9 Å². The molecule has 1 aliphatic rings. The Morgan fingerprint density at radius 1 is 0.867 bits per heavy atom. The number of fused-ring (bicyclic) bond motifs is 1. The van der Waals surface area contributed by atoms with Crippen LogP contribution in [0.25, 0.3) is 10.8 Å². The smallest absolute Gasteiger partial charge is 0.262 e. The summed E-state index contributed by atoms with van der Waals surface area (Å²) in [4.78, 5) is 15.4. The summed E-state index contributed by atoms with van der Waals surface area (Å²) in [5, 5.41) is 2.12. The molecule has 0 saturated carbocycles. The fourth-order valence-corrected chi connectivity index (χ4v) is 3.52. The van der Waals surface area contributed by atoms with Crippen LogP contribution in [-0.2, 0) is 4.74 Å². The number of amides is 1. The predicted molar refractivity (Wildman–Crippen MR) is 119 cm³/mol. The molecular weight excluding hydrogens is 374 g/mol. The van der Waals surface area contributed by atoms with Crippen LogP contribution >= 0.6 is 0 Å². The minimum atomic E-state index is -0.0883. The number of para-hydroxylation sites is 1. The van der Waals surface area contributed by atoms with Crippen molar-refractivity contribution in [2.45, 2.75) is 6.10 Å². The monoisotopic (exact) mass is 395 g/mol. The molecule has 0 aromatic heterocycles. The van der Waals surface area contributed by atoms with Crippen molar-refractivity contribution in [3.05, 3.63) is 103 Å². The van der Waals surface area contributed by atoms with Gasteiger partial charge >= 0.3 is 0 Å². The average Bonchev–Trinajstić information content (AvgIpc) is 3.64. The highest BCUT2D eigenvalue weighted by atomic mass is 16.6. The number of rotatable bonds is 6. The van der Waals surface area contributed by atoms with Crippen LogP contribution in [0.5, 0.6) is 5.75 Å². The highest BCUT2D eigenvalue weighted by Crippen LogP contribution is 2.34. The van der Waals surface area contributed by atoms with E-state index in [9.17, 15) is 4.79 Å². The molecule has 4 nitrogen and oxygen atoms in total. The van der Waals surface area contributed by atoms with Crippen molar-refractivity contribution in [1.29, 1.82) is 0 Å². The highest BCUT2D eigenvalue weighted by molar-refractivity contribution is 6.15. The number of ether oxygens (including phenoxy) is 2. The minimum Gasteiger partial charge on any atom is -0.491 e. The van der Waals surface area contributed by atoms with E-state index in [0.29, 0.717) is 12.2 Å². The molecule has 4 heteroatoms. The summed E-state index contributed by atoms with van der Waals surface area (Å²) in [5.41, 5.74) is 2.28. The number of nitrogens with zero attached hydrogens (tertiary/aromatic N) is 1. The molecule has 1 heterocycles. The van der Waals surface area contributed by atoms with Crippen molar-refractivity contribution in [1.82, 2.24) is 0 Å². The van der Waals surface area contributed by atoms with Gasteiger partial charge in [0.25, 0.3) is 5.91 Å². The molecule has 1 fully saturated rings. The topological polar surface area (TPSA) is 42.1 Å². The van der Waals surface area contributed by atoms with Crippen molar-refractivity contribution in [3.63, 3.8) is 0 Å². The van der Waals surface area contributed by atoms with E-state index in [0.717, 1.165) is 34.5 Å². The molecule has 30 heavy (non-hydrogen) atoms. The van der Waals surface area contributed by atoms with Crippen LogP contribution in [-0.4, -0.2) is 25.2 Å². The van der Waals surface area contributed by atoms with Gasteiger partial charge in [-0.25, -0.2) is 0 Å². The van der Waals surface area contributed by atoms with Crippen LogP contribution in [0, 0.1) is 0 Å². The summed E-state index contributed by atoms with van der Waals surface area (Å²) < 4.78 is 10.9. The molecule has 0 N–H and O–H groups in total. The van der Waals surface area contributed by atoms with Gasteiger partial charge < -0.3 is 9.47 Å². The lowest BCUT2D eigenvalue weighted by Gasteiger charge is -2.25. The number of benzene rings is 4. The van der Waals surface area contributed by atoms with Gasteiger partial charge in [0.15, 0.2) is 0 Å². The maximum absolute atomic E-state index is 13.6. The third kappa shape index (κ3) is 3.78. The molecule has 1 amide bonds. The molecular formula is C26H21NO3. The quantitative estimate of drug-likeness (QED) is 0.399. The molecule has 4 aromatic rings.